The average molecular weight is 286 g/mol. The molecular formula is C16H18N2O3. The minimum Gasteiger partial charge on any atom is -0.478 e. The molecular weight excluding hydrogens is 268 g/mol. The van der Waals surface area contributed by atoms with Crippen molar-refractivity contribution in [1.29, 1.82) is 0 Å². The summed E-state index contributed by atoms with van der Waals surface area (Å²) in [4.78, 5) is 15.8. The third kappa shape index (κ3) is 2.97. The predicted molar refractivity (Wildman–Crippen MR) is 80.5 cm³/mol. The number of pyridine rings is 1. The minimum atomic E-state index is -0.984. The number of aromatic nitrogens is 1. The zero-order valence-corrected chi connectivity index (χ0v) is 11.6. The molecule has 0 bridgehead atoms. The van der Waals surface area contributed by atoms with Gasteiger partial charge in [0.15, 0.2) is 0 Å². The van der Waals surface area contributed by atoms with Crippen LogP contribution >= 0.6 is 0 Å². The fourth-order valence-electron chi connectivity index (χ4n) is 2.89. The highest BCUT2D eigenvalue weighted by atomic mass is 16.4. The second kappa shape index (κ2) is 5.69. The van der Waals surface area contributed by atoms with Crippen molar-refractivity contribution in [2.24, 2.45) is 5.92 Å². The van der Waals surface area contributed by atoms with Crippen molar-refractivity contribution in [2.45, 2.75) is 25.4 Å². The topological polar surface area (TPSA) is 82.5 Å². The molecule has 5 nitrogen and oxygen atoms in total. The summed E-state index contributed by atoms with van der Waals surface area (Å²) in [5.41, 5.74) is 0.962. The SMILES string of the molecule is O=C(O)c1cc2ccccc2nc1NCC1CCC(O)C1. The van der Waals surface area contributed by atoms with E-state index in [2.05, 4.69) is 10.3 Å². The van der Waals surface area contributed by atoms with Crippen LogP contribution in [0, 0.1) is 5.92 Å². The van der Waals surface area contributed by atoms with Gasteiger partial charge in [0, 0.05) is 11.9 Å². The Balaban J connectivity index is 1.85. The number of anilines is 1. The van der Waals surface area contributed by atoms with Crippen LogP contribution in [0.4, 0.5) is 5.82 Å². The molecule has 110 valence electrons. The lowest BCUT2D eigenvalue weighted by Gasteiger charge is -2.14. The van der Waals surface area contributed by atoms with Gasteiger partial charge in [-0.05, 0) is 37.3 Å². The number of carboxylic acids is 1. The Morgan fingerprint density at radius 2 is 2.14 bits per heavy atom. The van der Waals surface area contributed by atoms with E-state index >= 15 is 0 Å². The van der Waals surface area contributed by atoms with Crippen molar-refractivity contribution in [3.8, 4) is 0 Å². The van der Waals surface area contributed by atoms with E-state index in [0.717, 1.165) is 30.2 Å². The number of hydrogen-bond acceptors (Lipinski definition) is 4. The maximum atomic E-state index is 11.4. The second-order valence-corrected chi connectivity index (χ2v) is 5.60. The molecule has 2 atom stereocenters. The number of rotatable bonds is 4. The monoisotopic (exact) mass is 286 g/mol. The van der Waals surface area contributed by atoms with Gasteiger partial charge in [0.05, 0.1) is 11.6 Å². The summed E-state index contributed by atoms with van der Waals surface area (Å²) in [6.07, 6.45) is 2.33. The summed E-state index contributed by atoms with van der Waals surface area (Å²) in [6.45, 7) is 0.642. The Kier molecular flexibility index (Phi) is 3.75. The quantitative estimate of drug-likeness (QED) is 0.804. The van der Waals surface area contributed by atoms with Gasteiger partial charge in [-0.1, -0.05) is 18.2 Å². The van der Waals surface area contributed by atoms with E-state index in [1.54, 1.807) is 6.07 Å². The smallest absolute Gasteiger partial charge is 0.339 e. The molecule has 0 aliphatic heterocycles. The molecule has 3 N–H and O–H groups in total. The standard InChI is InChI=1S/C16H18N2O3/c19-12-6-5-10(7-12)9-17-15-13(16(20)21)8-11-3-1-2-4-14(11)18-15/h1-4,8,10,12,19H,5-7,9H2,(H,17,18)(H,20,21). The lowest BCUT2D eigenvalue weighted by molar-refractivity contribution is 0.0697. The zero-order chi connectivity index (χ0) is 14.8. The van der Waals surface area contributed by atoms with Gasteiger partial charge in [-0.15, -0.1) is 0 Å². The lowest BCUT2D eigenvalue weighted by atomic mass is 10.1. The average Bonchev–Trinajstić information content (AvgIpc) is 2.89. The van der Waals surface area contributed by atoms with Crippen LogP contribution in [0.2, 0.25) is 0 Å². The molecule has 1 aromatic carbocycles. The first-order valence-electron chi connectivity index (χ1n) is 7.18. The van der Waals surface area contributed by atoms with Gasteiger partial charge in [0.1, 0.15) is 11.4 Å². The molecule has 1 saturated carbocycles. The van der Waals surface area contributed by atoms with Crippen LogP contribution in [-0.4, -0.2) is 33.8 Å². The number of hydrogen-bond donors (Lipinski definition) is 3. The molecule has 0 amide bonds. The van der Waals surface area contributed by atoms with Crippen LogP contribution in [0.3, 0.4) is 0 Å². The van der Waals surface area contributed by atoms with Crippen LogP contribution in [0.25, 0.3) is 10.9 Å². The largest absolute Gasteiger partial charge is 0.478 e. The molecule has 1 aromatic heterocycles. The number of nitrogens with zero attached hydrogens (tertiary/aromatic N) is 1. The molecule has 2 aromatic rings. The van der Waals surface area contributed by atoms with E-state index in [1.807, 2.05) is 24.3 Å². The van der Waals surface area contributed by atoms with E-state index in [4.69, 9.17) is 0 Å². The van der Waals surface area contributed by atoms with Crippen molar-refractivity contribution >= 4 is 22.7 Å². The van der Waals surface area contributed by atoms with E-state index in [9.17, 15) is 15.0 Å². The van der Waals surface area contributed by atoms with Crippen LogP contribution in [-0.2, 0) is 0 Å². The van der Waals surface area contributed by atoms with Gasteiger partial charge >= 0.3 is 5.97 Å². The number of carboxylic acid groups (broad SMARTS) is 1. The Hall–Kier alpha value is -2.14. The number of nitrogens with one attached hydrogen (secondary N) is 1. The van der Waals surface area contributed by atoms with Crippen LogP contribution in [0.1, 0.15) is 29.6 Å². The normalized spacial score (nSPS) is 21.6. The highest BCUT2D eigenvalue weighted by Crippen LogP contribution is 2.27. The zero-order valence-electron chi connectivity index (χ0n) is 11.6. The first kappa shape index (κ1) is 13.8. The van der Waals surface area contributed by atoms with Crippen LogP contribution in [0.15, 0.2) is 30.3 Å². The number of aromatic carboxylic acids is 1. The molecule has 1 aliphatic carbocycles. The lowest BCUT2D eigenvalue weighted by Crippen LogP contribution is -2.16. The molecule has 3 rings (SSSR count). The second-order valence-electron chi connectivity index (χ2n) is 5.60. The van der Waals surface area contributed by atoms with Crippen molar-refractivity contribution in [1.82, 2.24) is 4.98 Å². The molecule has 1 fully saturated rings. The van der Waals surface area contributed by atoms with Gasteiger partial charge in [0.2, 0.25) is 0 Å². The van der Waals surface area contributed by atoms with Gasteiger partial charge in [-0.2, -0.15) is 0 Å². The molecule has 2 unspecified atom stereocenters. The molecule has 0 radical (unpaired) electrons. The number of aliphatic hydroxyl groups excluding tert-OH is 1. The maximum Gasteiger partial charge on any atom is 0.339 e. The molecule has 1 heterocycles. The Labute approximate surface area is 122 Å². The molecule has 21 heavy (non-hydrogen) atoms. The molecule has 0 spiro atoms. The van der Waals surface area contributed by atoms with Crippen molar-refractivity contribution < 1.29 is 15.0 Å². The van der Waals surface area contributed by atoms with Crippen molar-refractivity contribution in [3.63, 3.8) is 0 Å². The first-order valence-corrected chi connectivity index (χ1v) is 7.18. The highest BCUT2D eigenvalue weighted by molar-refractivity contribution is 5.98. The summed E-state index contributed by atoms with van der Waals surface area (Å²) >= 11 is 0. The van der Waals surface area contributed by atoms with Gasteiger partial charge in [-0.3, -0.25) is 0 Å². The fraction of sp³-hybridized carbons (Fsp3) is 0.375. The van der Waals surface area contributed by atoms with E-state index in [0.29, 0.717) is 18.3 Å². The van der Waals surface area contributed by atoms with E-state index in [-0.39, 0.29) is 11.7 Å². The van der Waals surface area contributed by atoms with E-state index < -0.39 is 5.97 Å². The third-order valence-electron chi connectivity index (χ3n) is 4.03. The van der Waals surface area contributed by atoms with Gasteiger partial charge < -0.3 is 15.5 Å². The maximum absolute atomic E-state index is 11.4. The number of fused-ring (bicyclic) bond motifs is 1. The number of benzene rings is 1. The summed E-state index contributed by atoms with van der Waals surface area (Å²) < 4.78 is 0. The summed E-state index contributed by atoms with van der Waals surface area (Å²) in [5.74, 6) is -0.209. The third-order valence-corrected chi connectivity index (χ3v) is 4.03. The summed E-state index contributed by atoms with van der Waals surface area (Å²) in [5, 5.41) is 22.8. The van der Waals surface area contributed by atoms with Gasteiger partial charge in [0.25, 0.3) is 0 Å². The first-order chi connectivity index (χ1) is 10.1. The number of para-hydroxylation sites is 1. The Morgan fingerprint density at radius 1 is 1.33 bits per heavy atom. The van der Waals surface area contributed by atoms with Crippen molar-refractivity contribution in [2.75, 3.05) is 11.9 Å². The summed E-state index contributed by atoms with van der Waals surface area (Å²) in [6, 6.07) is 9.11. The van der Waals surface area contributed by atoms with Crippen molar-refractivity contribution in [3.05, 3.63) is 35.9 Å². The Morgan fingerprint density at radius 3 is 2.86 bits per heavy atom. The molecule has 5 heteroatoms. The number of carbonyl (C=O) groups is 1. The van der Waals surface area contributed by atoms with E-state index in [1.165, 1.54) is 0 Å². The van der Waals surface area contributed by atoms with Gasteiger partial charge in [-0.25, -0.2) is 9.78 Å². The highest BCUT2D eigenvalue weighted by Gasteiger charge is 2.23. The van der Waals surface area contributed by atoms with Crippen LogP contribution < -0.4 is 5.32 Å². The number of aliphatic hydroxyl groups is 1. The van der Waals surface area contributed by atoms with Crippen LogP contribution in [0.5, 0.6) is 0 Å². The fourth-order valence-corrected chi connectivity index (χ4v) is 2.89. The molecule has 1 aliphatic rings. The summed E-state index contributed by atoms with van der Waals surface area (Å²) in [7, 11) is 0. The molecule has 0 saturated heterocycles. The predicted octanol–water partition coefficient (Wildman–Crippen LogP) is 2.51. The minimum absolute atomic E-state index is 0.187. The Bertz CT molecular complexity index is 672.